The number of anilines is 1. The van der Waals surface area contributed by atoms with E-state index in [9.17, 15) is 13.2 Å². The lowest BCUT2D eigenvalue weighted by molar-refractivity contribution is 0.0953. The van der Waals surface area contributed by atoms with Gasteiger partial charge in [0.15, 0.2) is 0 Å². The Morgan fingerprint density at radius 2 is 1.63 bits per heavy atom. The Labute approximate surface area is 178 Å². The number of sulfonamides is 1. The van der Waals surface area contributed by atoms with Crippen LogP contribution in [-0.4, -0.2) is 20.9 Å². The molecule has 0 atom stereocenters. The van der Waals surface area contributed by atoms with Gasteiger partial charge in [-0.15, -0.1) is 0 Å². The number of aryl methyl sites for hydroxylation is 3. The zero-order chi connectivity index (χ0) is 21.6. The molecule has 0 unspecified atom stereocenters. The van der Waals surface area contributed by atoms with Crippen molar-refractivity contribution in [2.45, 2.75) is 31.6 Å². The van der Waals surface area contributed by atoms with E-state index in [0.717, 1.165) is 18.4 Å². The van der Waals surface area contributed by atoms with E-state index >= 15 is 0 Å². The number of rotatable bonds is 8. The second-order valence-corrected chi connectivity index (χ2v) is 8.98. The smallest absolute Gasteiger partial charge is 0.261 e. The molecule has 0 aliphatic carbocycles. The fraction of sp³-hybridized carbons (Fsp3) is 0.208. The molecule has 0 saturated carbocycles. The predicted octanol–water partition coefficient (Wildman–Crippen LogP) is 4.47. The maximum absolute atomic E-state index is 12.7. The highest BCUT2D eigenvalue weighted by atomic mass is 32.2. The van der Waals surface area contributed by atoms with Crippen LogP contribution in [0.1, 0.15) is 33.5 Å². The molecule has 1 amide bonds. The maximum atomic E-state index is 12.7. The Morgan fingerprint density at radius 1 is 0.900 bits per heavy atom. The molecule has 3 aromatic carbocycles. The molecule has 0 aliphatic heterocycles. The molecule has 0 bridgehead atoms. The van der Waals surface area contributed by atoms with Crippen LogP contribution in [0.5, 0.6) is 0 Å². The van der Waals surface area contributed by atoms with Crippen LogP contribution in [0.25, 0.3) is 0 Å². The van der Waals surface area contributed by atoms with Crippen molar-refractivity contribution in [1.29, 1.82) is 0 Å². The lowest BCUT2D eigenvalue weighted by atomic mass is 10.1. The van der Waals surface area contributed by atoms with Crippen molar-refractivity contribution in [1.82, 2.24) is 5.32 Å². The van der Waals surface area contributed by atoms with Crippen molar-refractivity contribution in [3.05, 3.63) is 95.1 Å². The van der Waals surface area contributed by atoms with Crippen LogP contribution in [0.2, 0.25) is 0 Å². The van der Waals surface area contributed by atoms with Crippen LogP contribution in [-0.2, 0) is 16.4 Å². The third-order valence-electron chi connectivity index (χ3n) is 4.84. The minimum absolute atomic E-state index is 0.0538. The average Bonchev–Trinajstić information content (AvgIpc) is 2.74. The SMILES string of the molecule is Cc1ccc(CCCNC(=O)c2cccc(S(=O)(=O)Nc3ccccc3C)c2)cc1. The predicted molar refractivity (Wildman–Crippen MR) is 120 cm³/mol. The van der Waals surface area contributed by atoms with Crippen molar-refractivity contribution in [3.63, 3.8) is 0 Å². The summed E-state index contributed by atoms with van der Waals surface area (Å²) in [6.07, 6.45) is 1.68. The van der Waals surface area contributed by atoms with E-state index in [4.69, 9.17) is 0 Å². The molecule has 0 spiro atoms. The highest BCUT2D eigenvalue weighted by molar-refractivity contribution is 7.92. The first-order valence-electron chi connectivity index (χ1n) is 9.87. The quantitative estimate of drug-likeness (QED) is 0.526. The Balaban J connectivity index is 1.60. The molecule has 30 heavy (non-hydrogen) atoms. The van der Waals surface area contributed by atoms with Gasteiger partial charge in [-0.05, 0) is 62.1 Å². The van der Waals surface area contributed by atoms with Crippen LogP contribution in [0.3, 0.4) is 0 Å². The summed E-state index contributed by atoms with van der Waals surface area (Å²) in [6, 6.07) is 21.5. The number of carbonyl (C=O) groups is 1. The maximum Gasteiger partial charge on any atom is 0.261 e. The van der Waals surface area contributed by atoms with Gasteiger partial charge in [-0.3, -0.25) is 9.52 Å². The third kappa shape index (κ3) is 5.70. The minimum atomic E-state index is -3.79. The van der Waals surface area contributed by atoms with Gasteiger partial charge in [0.25, 0.3) is 15.9 Å². The normalized spacial score (nSPS) is 11.1. The number of amides is 1. The standard InChI is InChI=1S/C24H26N2O3S/c1-18-12-14-20(15-13-18)8-6-16-25-24(27)21-9-5-10-22(17-21)30(28,29)26-23-11-4-3-7-19(23)2/h3-5,7,9-15,17,26H,6,8,16H2,1-2H3,(H,25,27). The van der Waals surface area contributed by atoms with Crippen LogP contribution >= 0.6 is 0 Å². The molecule has 5 nitrogen and oxygen atoms in total. The molecule has 3 aromatic rings. The summed E-state index contributed by atoms with van der Waals surface area (Å²) in [5, 5.41) is 2.86. The van der Waals surface area contributed by atoms with E-state index in [1.807, 2.05) is 19.1 Å². The topological polar surface area (TPSA) is 75.3 Å². The number of hydrogen-bond acceptors (Lipinski definition) is 3. The van der Waals surface area contributed by atoms with Crippen LogP contribution in [0, 0.1) is 13.8 Å². The molecule has 6 heteroatoms. The largest absolute Gasteiger partial charge is 0.352 e. The van der Waals surface area contributed by atoms with Gasteiger partial charge >= 0.3 is 0 Å². The molecular weight excluding hydrogens is 396 g/mol. The van der Waals surface area contributed by atoms with Crippen molar-refractivity contribution < 1.29 is 13.2 Å². The van der Waals surface area contributed by atoms with Gasteiger partial charge in [0, 0.05) is 12.1 Å². The van der Waals surface area contributed by atoms with Gasteiger partial charge in [-0.2, -0.15) is 0 Å². The summed E-state index contributed by atoms with van der Waals surface area (Å²) in [6.45, 7) is 4.40. The van der Waals surface area contributed by atoms with E-state index < -0.39 is 10.0 Å². The molecule has 0 heterocycles. The highest BCUT2D eigenvalue weighted by Gasteiger charge is 2.17. The van der Waals surface area contributed by atoms with Gasteiger partial charge in [0.2, 0.25) is 0 Å². The van der Waals surface area contributed by atoms with Crippen molar-refractivity contribution in [2.24, 2.45) is 0 Å². The Morgan fingerprint density at radius 3 is 2.37 bits per heavy atom. The number of nitrogens with one attached hydrogen (secondary N) is 2. The van der Waals surface area contributed by atoms with E-state index in [1.165, 1.54) is 23.3 Å². The third-order valence-corrected chi connectivity index (χ3v) is 6.21. The first-order valence-corrected chi connectivity index (χ1v) is 11.4. The number of para-hydroxylation sites is 1. The first kappa shape index (κ1) is 21.6. The lowest BCUT2D eigenvalue weighted by Crippen LogP contribution is -2.25. The summed E-state index contributed by atoms with van der Waals surface area (Å²) in [5.74, 6) is -0.285. The molecule has 0 fully saturated rings. The summed E-state index contributed by atoms with van der Waals surface area (Å²) >= 11 is 0. The fourth-order valence-corrected chi connectivity index (χ4v) is 4.22. The Bertz CT molecular complexity index is 1120. The zero-order valence-electron chi connectivity index (χ0n) is 17.2. The van der Waals surface area contributed by atoms with Gasteiger partial charge in [0.05, 0.1) is 10.6 Å². The van der Waals surface area contributed by atoms with Crippen LogP contribution in [0.4, 0.5) is 5.69 Å². The second-order valence-electron chi connectivity index (χ2n) is 7.29. The Hall–Kier alpha value is -3.12. The Kier molecular flexibility index (Phi) is 6.90. The van der Waals surface area contributed by atoms with Gasteiger partial charge in [-0.25, -0.2) is 8.42 Å². The number of hydrogen-bond donors (Lipinski definition) is 2. The molecule has 3 rings (SSSR count). The van der Waals surface area contributed by atoms with E-state index in [0.29, 0.717) is 17.8 Å². The van der Waals surface area contributed by atoms with Crippen molar-refractivity contribution in [2.75, 3.05) is 11.3 Å². The van der Waals surface area contributed by atoms with Crippen LogP contribution in [0.15, 0.2) is 77.7 Å². The molecule has 0 saturated heterocycles. The fourth-order valence-electron chi connectivity index (χ4n) is 3.05. The summed E-state index contributed by atoms with van der Waals surface area (Å²) in [4.78, 5) is 12.5. The van der Waals surface area contributed by atoms with Crippen LogP contribution < -0.4 is 10.0 Å². The number of benzene rings is 3. The van der Waals surface area contributed by atoms with E-state index in [-0.39, 0.29) is 10.8 Å². The van der Waals surface area contributed by atoms with Gasteiger partial charge < -0.3 is 5.32 Å². The summed E-state index contributed by atoms with van der Waals surface area (Å²) in [7, 11) is -3.79. The van der Waals surface area contributed by atoms with E-state index in [1.54, 1.807) is 24.3 Å². The van der Waals surface area contributed by atoms with Gasteiger partial charge in [-0.1, -0.05) is 54.1 Å². The van der Waals surface area contributed by atoms with Crippen molar-refractivity contribution in [3.8, 4) is 0 Å². The number of carbonyl (C=O) groups excluding carboxylic acids is 1. The van der Waals surface area contributed by atoms with E-state index in [2.05, 4.69) is 41.2 Å². The highest BCUT2D eigenvalue weighted by Crippen LogP contribution is 2.20. The molecule has 156 valence electrons. The zero-order valence-corrected chi connectivity index (χ0v) is 18.0. The van der Waals surface area contributed by atoms with Gasteiger partial charge in [0.1, 0.15) is 0 Å². The molecule has 0 aromatic heterocycles. The molecule has 2 N–H and O–H groups in total. The summed E-state index contributed by atoms with van der Waals surface area (Å²) < 4.78 is 28.0. The van der Waals surface area contributed by atoms with Crippen molar-refractivity contribution >= 4 is 21.6 Å². The minimum Gasteiger partial charge on any atom is -0.352 e. The average molecular weight is 423 g/mol. The lowest BCUT2D eigenvalue weighted by Gasteiger charge is -2.11. The molecular formula is C24H26N2O3S. The molecule has 0 radical (unpaired) electrons. The molecule has 0 aliphatic rings. The second kappa shape index (κ2) is 9.59. The summed E-state index contributed by atoms with van der Waals surface area (Å²) in [5.41, 5.74) is 4.11. The first-order chi connectivity index (χ1) is 14.3. The monoisotopic (exact) mass is 422 g/mol.